The van der Waals surface area contributed by atoms with Crippen LogP contribution in [0.1, 0.15) is 34.7 Å². The molecule has 0 aliphatic carbocycles. The first kappa shape index (κ1) is 9.41. The van der Waals surface area contributed by atoms with Crippen LogP contribution in [0.25, 0.3) is 0 Å². The topological polar surface area (TPSA) is 26.3 Å². The Morgan fingerprint density at radius 2 is 1.93 bits per heavy atom. The van der Waals surface area contributed by atoms with Crippen molar-refractivity contribution in [3.05, 3.63) is 35.4 Å². The summed E-state index contributed by atoms with van der Waals surface area (Å²) in [4.78, 5) is 10.8. The zero-order valence-electron chi connectivity index (χ0n) is 8.11. The number of benzene rings is 1. The summed E-state index contributed by atoms with van der Waals surface area (Å²) in [5, 5.41) is 0. The Morgan fingerprint density at radius 3 is 2.64 bits per heavy atom. The van der Waals surface area contributed by atoms with Crippen LogP contribution in [0.5, 0.6) is 0 Å². The van der Waals surface area contributed by atoms with Crippen molar-refractivity contribution in [3.63, 3.8) is 0 Å². The monoisotopic (exact) mass is 190 g/mol. The summed E-state index contributed by atoms with van der Waals surface area (Å²) in [6.07, 6.45) is 3.01. The van der Waals surface area contributed by atoms with Gasteiger partial charge in [-0.1, -0.05) is 24.3 Å². The summed E-state index contributed by atoms with van der Waals surface area (Å²) in [5.41, 5.74) is 2.02. The molecule has 0 radical (unpaired) electrons. The molecule has 0 bridgehead atoms. The van der Waals surface area contributed by atoms with Gasteiger partial charge in [0.15, 0.2) is 0 Å². The second-order valence-electron chi connectivity index (χ2n) is 3.63. The summed E-state index contributed by atoms with van der Waals surface area (Å²) in [5.74, 6) is 0.505. The van der Waals surface area contributed by atoms with E-state index in [0.29, 0.717) is 5.92 Å². The average Bonchev–Trinajstić information content (AvgIpc) is 2.30. The lowest BCUT2D eigenvalue weighted by atomic mass is 9.89. The largest absolute Gasteiger partial charge is 0.381 e. The van der Waals surface area contributed by atoms with Crippen molar-refractivity contribution in [1.82, 2.24) is 0 Å². The van der Waals surface area contributed by atoms with Crippen molar-refractivity contribution in [2.45, 2.75) is 18.8 Å². The Kier molecular flexibility index (Phi) is 2.94. The second-order valence-corrected chi connectivity index (χ2v) is 3.63. The molecule has 1 aliphatic heterocycles. The first-order chi connectivity index (χ1) is 6.92. The van der Waals surface area contributed by atoms with Crippen LogP contribution >= 0.6 is 0 Å². The number of rotatable bonds is 2. The maximum absolute atomic E-state index is 10.8. The Hall–Kier alpha value is -1.15. The van der Waals surface area contributed by atoms with E-state index in [1.807, 2.05) is 18.2 Å². The maximum atomic E-state index is 10.8. The van der Waals surface area contributed by atoms with Crippen molar-refractivity contribution < 1.29 is 9.53 Å². The summed E-state index contributed by atoms with van der Waals surface area (Å²) in [6.45, 7) is 1.63. The number of carbonyl (C=O) groups excluding carboxylic acids is 1. The fourth-order valence-electron chi connectivity index (χ4n) is 2.00. The van der Waals surface area contributed by atoms with Crippen LogP contribution in [0.2, 0.25) is 0 Å². The first-order valence-electron chi connectivity index (χ1n) is 5.03. The van der Waals surface area contributed by atoms with Gasteiger partial charge >= 0.3 is 0 Å². The molecule has 74 valence electrons. The van der Waals surface area contributed by atoms with Gasteiger partial charge in [0.05, 0.1) is 0 Å². The summed E-state index contributed by atoms with van der Waals surface area (Å²) in [7, 11) is 0. The van der Waals surface area contributed by atoms with Gasteiger partial charge in [-0.15, -0.1) is 0 Å². The van der Waals surface area contributed by atoms with Crippen LogP contribution in [0, 0.1) is 0 Å². The van der Waals surface area contributed by atoms with Gasteiger partial charge in [-0.3, -0.25) is 4.79 Å². The lowest BCUT2D eigenvalue weighted by Gasteiger charge is -2.23. The van der Waals surface area contributed by atoms with E-state index >= 15 is 0 Å². The summed E-state index contributed by atoms with van der Waals surface area (Å²) >= 11 is 0. The normalized spacial score (nSPS) is 18.0. The highest BCUT2D eigenvalue weighted by atomic mass is 16.5. The van der Waals surface area contributed by atoms with E-state index in [1.165, 1.54) is 5.56 Å². The fourth-order valence-corrected chi connectivity index (χ4v) is 2.00. The van der Waals surface area contributed by atoms with E-state index < -0.39 is 0 Å². The van der Waals surface area contributed by atoms with Crippen LogP contribution in [-0.2, 0) is 4.74 Å². The minimum absolute atomic E-state index is 0.505. The van der Waals surface area contributed by atoms with Crippen molar-refractivity contribution in [1.29, 1.82) is 0 Å². The lowest BCUT2D eigenvalue weighted by molar-refractivity contribution is 0.0849. The van der Waals surface area contributed by atoms with E-state index in [1.54, 1.807) is 0 Å². The molecule has 2 rings (SSSR count). The number of ether oxygens (including phenoxy) is 1. The van der Waals surface area contributed by atoms with Crippen molar-refractivity contribution in [2.24, 2.45) is 0 Å². The zero-order chi connectivity index (χ0) is 9.80. The molecule has 0 saturated carbocycles. The van der Waals surface area contributed by atoms with E-state index in [0.717, 1.165) is 37.9 Å². The highest BCUT2D eigenvalue weighted by Gasteiger charge is 2.17. The van der Waals surface area contributed by atoms with E-state index in [-0.39, 0.29) is 0 Å². The molecule has 2 heteroatoms. The molecular formula is C12H14O2. The average molecular weight is 190 g/mol. The van der Waals surface area contributed by atoms with Crippen LogP contribution in [0.15, 0.2) is 24.3 Å². The molecule has 0 atom stereocenters. The van der Waals surface area contributed by atoms with Crippen molar-refractivity contribution in [3.8, 4) is 0 Å². The van der Waals surface area contributed by atoms with E-state index in [9.17, 15) is 4.79 Å². The summed E-state index contributed by atoms with van der Waals surface area (Å²) in [6, 6.07) is 7.85. The minimum Gasteiger partial charge on any atom is -0.381 e. The van der Waals surface area contributed by atoms with Gasteiger partial charge in [0.2, 0.25) is 0 Å². The maximum Gasteiger partial charge on any atom is 0.150 e. The van der Waals surface area contributed by atoms with Gasteiger partial charge in [-0.2, -0.15) is 0 Å². The predicted octanol–water partition coefficient (Wildman–Crippen LogP) is 2.39. The van der Waals surface area contributed by atoms with Gasteiger partial charge in [0.1, 0.15) is 6.29 Å². The Labute approximate surface area is 83.9 Å². The third kappa shape index (κ3) is 1.85. The molecule has 1 aromatic rings. The fraction of sp³-hybridized carbons (Fsp3) is 0.417. The smallest absolute Gasteiger partial charge is 0.150 e. The quantitative estimate of drug-likeness (QED) is 0.669. The minimum atomic E-state index is 0.505. The molecule has 0 amide bonds. The molecule has 2 nitrogen and oxygen atoms in total. The van der Waals surface area contributed by atoms with Crippen molar-refractivity contribution in [2.75, 3.05) is 13.2 Å². The number of hydrogen-bond donors (Lipinski definition) is 0. The molecule has 1 heterocycles. The molecule has 0 unspecified atom stereocenters. The van der Waals surface area contributed by atoms with Gasteiger partial charge in [0, 0.05) is 18.8 Å². The zero-order valence-corrected chi connectivity index (χ0v) is 8.11. The number of carbonyl (C=O) groups is 1. The Balaban J connectivity index is 2.24. The molecule has 1 aromatic carbocycles. The second kappa shape index (κ2) is 4.38. The lowest BCUT2D eigenvalue weighted by Crippen LogP contribution is -2.15. The highest BCUT2D eigenvalue weighted by molar-refractivity contribution is 5.77. The standard InChI is InChI=1S/C12H14O2/c13-9-11-3-1-2-4-12(11)10-5-7-14-8-6-10/h1-4,9-10H,5-8H2. The van der Waals surface area contributed by atoms with Gasteiger partial charge < -0.3 is 4.74 Å². The van der Waals surface area contributed by atoms with Crippen LogP contribution in [-0.4, -0.2) is 19.5 Å². The highest BCUT2D eigenvalue weighted by Crippen LogP contribution is 2.28. The molecule has 14 heavy (non-hydrogen) atoms. The molecule has 0 spiro atoms. The number of aldehydes is 1. The van der Waals surface area contributed by atoms with Gasteiger partial charge in [-0.05, 0) is 24.3 Å². The number of hydrogen-bond acceptors (Lipinski definition) is 2. The Morgan fingerprint density at radius 1 is 1.21 bits per heavy atom. The van der Waals surface area contributed by atoms with Gasteiger partial charge in [0.25, 0.3) is 0 Å². The van der Waals surface area contributed by atoms with Gasteiger partial charge in [-0.25, -0.2) is 0 Å². The summed E-state index contributed by atoms with van der Waals surface area (Å²) < 4.78 is 5.31. The van der Waals surface area contributed by atoms with E-state index in [4.69, 9.17) is 4.74 Å². The van der Waals surface area contributed by atoms with Crippen LogP contribution in [0.3, 0.4) is 0 Å². The first-order valence-corrected chi connectivity index (χ1v) is 5.03. The molecule has 1 fully saturated rings. The molecule has 0 aromatic heterocycles. The Bertz CT molecular complexity index is 314. The van der Waals surface area contributed by atoms with Crippen LogP contribution in [0.4, 0.5) is 0 Å². The van der Waals surface area contributed by atoms with Crippen LogP contribution < -0.4 is 0 Å². The SMILES string of the molecule is O=Cc1ccccc1C1CCOCC1. The van der Waals surface area contributed by atoms with E-state index in [2.05, 4.69) is 6.07 Å². The molecule has 0 N–H and O–H groups in total. The van der Waals surface area contributed by atoms with Crippen molar-refractivity contribution >= 4 is 6.29 Å². The molecule has 1 saturated heterocycles. The third-order valence-corrected chi connectivity index (χ3v) is 2.78. The molecule has 1 aliphatic rings. The predicted molar refractivity (Wildman–Crippen MR) is 54.6 cm³/mol. The molecular weight excluding hydrogens is 176 g/mol. The third-order valence-electron chi connectivity index (χ3n) is 2.78.